The maximum atomic E-state index is 11.6. The number of nitrogens with zero attached hydrogens (tertiary/aromatic N) is 1. The molecule has 2 rings (SSSR count). The first-order chi connectivity index (χ1) is 9.74. The Balaban J connectivity index is 2.16. The third-order valence-electron chi connectivity index (χ3n) is 3.02. The van der Waals surface area contributed by atoms with Gasteiger partial charge in [-0.3, -0.25) is 9.78 Å². The minimum absolute atomic E-state index is 0.170. The van der Waals surface area contributed by atoms with E-state index in [0.717, 1.165) is 18.5 Å². The largest absolute Gasteiger partial charge is 0.377 e. The van der Waals surface area contributed by atoms with E-state index >= 15 is 0 Å². The summed E-state index contributed by atoms with van der Waals surface area (Å²) < 4.78 is 0. The van der Waals surface area contributed by atoms with Crippen LogP contribution in [0.15, 0.2) is 35.8 Å². The van der Waals surface area contributed by atoms with Gasteiger partial charge in [0.2, 0.25) is 0 Å². The lowest BCUT2D eigenvalue weighted by Crippen LogP contribution is -2.19. The van der Waals surface area contributed by atoms with E-state index in [0.29, 0.717) is 5.69 Å². The average Bonchev–Trinajstić information content (AvgIpc) is 3.00. The van der Waals surface area contributed by atoms with Crippen molar-refractivity contribution in [3.63, 3.8) is 0 Å². The molecule has 2 heterocycles. The number of anilines is 1. The predicted molar refractivity (Wildman–Crippen MR) is 83.2 cm³/mol. The number of thiophene rings is 1. The van der Waals surface area contributed by atoms with E-state index in [4.69, 9.17) is 0 Å². The number of hydrogen-bond donors (Lipinski definition) is 2. The molecule has 106 valence electrons. The number of rotatable bonds is 6. The van der Waals surface area contributed by atoms with E-state index in [-0.39, 0.29) is 11.9 Å². The van der Waals surface area contributed by atoms with Crippen molar-refractivity contribution >= 4 is 22.9 Å². The third-order valence-corrected chi connectivity index (χ3v) is 4.01. The van der Waals surface area contributed by atoms with Crippen molar-refractivity contribution in [1.29, 1.82) is 0 Å². The molecule has 0 bridgehead atoms. The first kappa shape index (κ1) is 14.5. The van der Waals surface area contributed by atoms with Crippen LogP contribution in [-0.4, -0.2) is 17.9 Å². The Morgan fingerprint density at radius 3 is 2.95 bits per heavy atom. The van der Waals surface area contributed by atoms with Crippen molar-refractivity contribution in [2.45, 2.75) is 25.8 Å². The maximum absolute atomic E-state index is 11.6. The molecule has 20 heavy (non-hydrogen) atoms. The van der Waals surface area contributed by atoms with Crippen LogP contribution in [0.25, 0.3) is 0 Å². The number of aromatic nitrogens is 1. The highest BCUT2D eigenvalue weighted by molar-refractivity contribution is 7.10. The summed E-state index contributed by atoms with van der Waals surface area (Å²) in [6, 6.07) is 8.16. The van der Waals surface area contributed by atoms with Gasteiger partial charge in [0.15, 0.2) is 0 Å². The number of carbonyl (C=O) groups excluding carboxylic acids is 1. The van der Waals surface area contributed by atoms with Crippen LogP contribution in [0.5, 0.6) is 0 Å². The van der Waals surface area contributed by atoms with E-state index < -0.39 is 0 Å². The van der Waals surface area contributed by atoms with Crippen LogP contribution in [0, 0.1) is 0 Å². The van der Waals surface area contributed by atoms with Crippen LogP contribution < -0.4 is 10.6 Å². The van der Waals surface area contributed by atoms with E-state index in [9.17, 15) is 4.79 Å². The van der Waals surface area contributed by atoms with Crippen LogP contribution >= 0.6 is 11.3 Å². The Hall–Kier alpha value is -1.88. The van der Waals surface area contributed by atoms with Gasteiger partial charge in [-0.05, 0) is 30.0 Å². The number of carbonyl (C=O) groups is 1. The van der Waals surface area contributed by atoms with Gasteiger partial charge < -0.3 is 10.6 Å². The number of hydrogen-bond acceptors (Lipinski definition) is 4. The molecule has 0 aliphatic heterocycles. The van der Waals surface area contributed by atoms with Gasteiger partial charge in [0.1, 0.15) is 5.69 Å². The number of pyridine rings is 1. The normalized spacial score (nSPS) is 11.9. The lowest BCUT2D eigenvalue weighted by molar-refractivity contribution is 0.0958. The lowest BCUT2D eigenvalue weighted by Gasteiger charge is -2.18. The highest BCUT2D eigenvalue weighted by atomic mass is 32.1. The molecular weight excluding hydrogens is 270 g/mol. The molecule has 0 spiro atoms. The molecule has 1 amide bonds. The van der Waals surface area contributed by atoms with Crippen LogP contribution in [0.3, 0.4) is 0 Å². The predicted octanol–water partition coefficient (Wildman–Crippen LogP) is 3.46. The molecule has 1 unspecified atom stereocenters. The van der Waals surface area contributed by atoms with E-state index in [2.05, 4.69) is 40.1 Å². The van der Waals surface area contributed by atoms with Crippen molar-refractivity contribution in [2.75, 3.05) is 12.4 Å². The molecule has 2 aromatic heterocycles. The Kier molecular flexibility index (Phi) is 5.12. The quantitative estimate of drug-likeness (QED) is 0.856. The fourth-order valence-electron chi connectivity index (χ4n) is 2.04. The van der Waals surface area contributed by atoms with Crippen LogP contribution in [0.1, 0.15) is 41.2 Å². The molecular formula is C15H19N3OS. The highest BCUT2D eigenvalue weighted by Gasteiger charge is 2.12. The zero-order valence-electron chi connectivity index (χ0n) is 11.7. The molecule has 0 aliphatic carbocycles. The molecule has 0 aromatic carbocycles. The van der Waals surface area contributed by atoms with E-state index in [1.165, 1.54) is 4.88 Å². The van der Waals surface area contributed by atoms with Crippen LogP contribution in [0.4, 0.5) is 5.69 Å². The number of nitrogens with one attached hydrogen (secondary N) is 2. The SMILES string of the molecule is CCCC(Nc1ccnc(C(=O)NC)c1)c1cccs1. The molecule has 1 atom stereocenters. The minimum atomic E-state index is -0.170. The van der Waals surface area contributed by atoms with E-state index in [1.54, 1.807) is 30.6 Å². The van der Waals surface area contributed by atoms with Crippen molar-refractivity contribution in [2.24, 2.45) is 0 Å². The molecule has 0 aliphatic rings. The summed E-state index contributed by atoms with van der Waals surface area (Å²) in [6.45, 7) is 2.17. The Morgan fingerprint density at radius 1 is 1.45 bits per heavy atom. The zero-order valence-corrected chi connectivity index (χ0v) is 12.5. The second-order valence-corrected chi connectivity index (χ2v) is 5.49. The Bertz CT molecular complexity index is 554. The van der Waals surface area contributed by atoms with Crippen molar-refractivity contribution < 1.29 is 4.79 Å². The van der Waals surface area contributed by atoms with E-state index in [1.807, 2.05) is 6.07 Å². The van der Waals surface area contributed by atoms with Gasteiger partial charge in [0.05, 0.1) is 6.04 Å². The summed E-state index contributed by atoms with van der Waals surface area (Å²) in [4.78, 5) is 17.0. The summed E-state index contributed by atoms with van der Waals surface area (Å²) in [5, 5.41) is 8.16. The third kappa shape index (κ3) is 3.57. The minimum Gasteiger partial charge on any atom is -0.377 e. The standard InChI is InChI=1S/C15H19N3OS/c1-3-5-12(14-6-4-9-20-14)18-11-7-8-17-13(10-11)15(19)16-2/h4,6-10,12H,3,5H2,1-2H3,(H,16,19)(H,17,18). The molecule has 0 saturated heterocycles. The molecule has 0 radical (unpaired) electrons. The topological polar surface area (TPSA) is 54.0 Å². The van der Waals surface area contributed by atoms with Gasteiger partial charge in [0.25, 0.3) is 5.91 Å². The smallest absolute Gasteiger partial charge is 0.269 e. The highest BCUT2D eigenvalue weighted by Crippen LogP contribution is 2.27. The van der Waals surface area contributed by atoms with Crippen LogP contribution in [-0.2, 0) is 0 Å². The van der Waals surface area contributed by atoms with Gasteiger partial charge in [-0.25, -0.2) is 0 Å². The summed E-state index contributed by atoms with van der Waals surface area (Å²) in [5.41, 5.74) is 1.35. The van der Waals surface area contributed by atoms with Crippen molar-refractivity contribution in [3.05, 3.63) is 46.4 Å². The first-order valence-electron chi connectivity index (χ1n) is 6.72. The van der Waals surface area contributed by atoms with Crippen molar-refractivity contribution in [3.8, 4) is 0 Å². The Morgan fingerprint density at radius 2 is 2.30 bits per heavy atom. The average molecular weight is 289 g/mol. The van der Waals surface area contributed by atoms with Gasteiger partial charge in [0, 0.05) is 23.8 Å². The molecule has 0 saturated carbocycles. The fourth-order valence-corrected chi connectivity index (χ4v) is 2.85. The van der Waals surface area contributed by atoms with Crippen molar-refractivity contribution in [1.82, 2.24) is 10.3 Å². The van der Waals surface area contributed by atoms with Gasteiger partial charge >= 0.3 is 0 Å². The Labute approximate surface area is 123 Å². The molecule has 4 nitrogen and oxygen atoms in total. The fraction of sp³-hybridized carbons (Fsp3) is 0.333. The second kappa shape index (κ2) is 7.05. The summed E-state index contributed by atoms with van der Waals surface area (Å²) in [7, 11) is 1.61. The molecule has 0 fully saturated rings. The van der Waals surface area contributed by atoms with Gasteiger partial charge in [-0.15, -0.1) is 11.3 Å². The molecule has 2 aromatic rings. The first-order valence-corrected chi connectivity index (χ1v) is 7.60. The van der Waals surface area contributed by atoms with Crippen LogP contribution in [0.2, 0.25) is 0 Å². The maximum Gasteiger partial charge on any atom is 0.269 e. The summed E-state index contributed by atoms with van der Waals surface area (Å²) in [6.07, 6.45) is 3.81. The summed E-state index contributed by atoms with van der Waals surface area (Å²) >= 11 is 1.75. The monoisotopic (exact) mass is 289 g/mol. The lowest BCUT2D eigenvalue weighted by atomic mass is 10.1. The zero-order chi connectivity index (χ0) is 14.4. The summed E-state index contributed by atoms with van der Waals surface area (Å²) in [5.74, 6) is -0.170. The van der Waals surface area contributed by atoms with Gasteiger partial charge in [-0.2, -0.15) is 0 Å². The molecule has 5 heteroatoms. The second-order valence-electron chi connectivity index (χ2n) is 4.51. The van der Waals surface area contributed by atoms with Gasteiger partial charge in [-0.1, -0.05) is 19.4 Å². The molecule has 2 N–H and O–H groups in total. The number of amides is 1.